The topological polar surface area (TPSA) is 43.8 Å². The van der Waals surface area contributed by atoms with E-state index in [4.69, 9.17) is 5.73 Å². The van der Waals surface area contributed by atoms with E-state index in [2.05, 4.69) is 47.0 Å². The maximum atomic E-state index is 6.39. The molecule has 2 atom stereocenters. The molecule has 0 aliphatic heterocycles. The smallest absolute Gasteiger partial charge is 0.0951 e. The monoisotopic (exact) mass is 289 g/mol. The standard InChI is InChI=1S/C16H23N3S/c1-3-14(11-20-2)19-12-18-10-16(19)15(17)9-13-7-5-4-6-8-13/h4-8,10,12,14-15H,3,9,11,17H2,1-2H3/t14?,15-/m1/s1. The average molecular weight is 289 g/mol. The second-order valence-corrected chi connectivity index (χ2v) is 5.95. The fraction of sp³-hybridized carbons (Fsp3) is 0.438. The fourth-order valence-corrected chi connectivity index (χ4v) is 3.25. The van der Waals surface area contributed by atoms with Crippen LogP contribution in [-0.4, -0.2) is 21.6 Å². The summed E-state index contributed by atoms with van der Waals surface area (Å²) in [5, 5.41) is 0. The minimum Gasteiger partial charge on any atom is -0.329 e. The van der Waals surface area contributed by atoms with Gasteiger partial charge in [0, 0.05) is 18.0 Å². The minimum absolute atomic E-state index is 0.00388. The minimum atomic E-state index is -0.00388. The van der Waals surface area contributed by atoms with E-state index in [1.165, 1.54) is 5.56 Å². The molecule has 3 nitrogen and oxygen atoms in total. The predicted molar refractivity (Wildman–Crippen MR) is 87.0 cm³/mol. The number of hydrogen-bond donors (Lipinski definition) is 1. The quantitative estimate of drug-likeness (QED) is 0.849. The van der Waals surface area contributed by atoms with Crippen molar-refractivity contribution in [2.45, 2.75) is 31.8 Å². The first-order chi connectivity index (χ1) is 9.76. The summed E-state index contributed by atoms with van der Waals surface area (Å²) in [5.74, 6) is 1.10. The van der Waals surface area contributed by atoms with Gasteiger partial charge in [-0.2, -0.15) is 11.8 Å². The van der Waals surface area contributed by atoms with Gasteiger partial charge in [-0.05, 0) is 24.7 Å². The molecule has 0 amide bonds. The summed E-state index contributed by atoms with van der Waals surface area (Å²) in [5.41, 5.74) is 8.80. The number of imidazole rings is 1. The molecule has 2 N–H and O–H groups in total. The Labute approximate surface area is 125 Å². The molecule has 0 radical (unpaired) electrons. The maximum absolute atomic E-state index is 6.39. The van der Waals surface area contributed by atoms with Crippen molar-refractivity contribution >= 4 is 11.8 Å². The summed E-state index contributed by atoms with van der Waals surface area (Å²) in [6, 6.07) is 10.9. The molecule has 0 aliphatic rings. The Balaban J connectivity index is 2.14. The zero-order valence-electron chi connectivity index (χ0n) is 12.2. The molecule has 0 spiro atoms. The van der Waals surface area contributed by atoms with Gasteiger partial charge in [0.15, 0.2) is 0 Å². The van der Waals surface area contributed by atoms with Gasteiger partial charge in [0.25, 0.3) is 0 Å². The van der Waals surface area contributed by atoms with Crippen LogP contribution in [0, 0.1) is 0 Å². The molecule has 1 heterocycles. The third-order valence-electron chi connectivity index (χ3n) is 3.60. The fourth-order valence-electron chi connectivity index (χ4n) is 2.47. The lowest BCUT2D eigenvalue weighted by molar-refractivity contribution is 0.498. The molecule has 20 heavy (non-hydrogen) atoms. The second kappa shape index (κ2) is 7.50. The van der Waals surface area contributed by atoms with E-state index in [9.17, 15) is 0 Å². The van der Waals surface area contributed by atoms with Crippen LogP contribution in [-0.2, 0) is 6.42 Å². The van der Waals surface area contributed by atoms with Crippen molar-refractivity contribution in [1.29, 1.82) is 0 Å². The molecule has 1 aromatic carbocycles. The SMILES string of the molecule is CCC(CSC)n1cncc1[C@H](N)Cc1ccccc1. The van der Waals surface area contributed by atoms with Crippen molar-refractivity contribution in [1.82, 2.24) is 9.55 Å². The highest BCUT2D eigenvalue weighted by molar-refractivity contribution is 7.98. The van der Waals surface area contributed by atoms with E-state index in [1.807, 2.05) is 30.4 Å². The number of nitrogens with zero attached hydrogens (tertiary/aromatic N) is 2. The largest absolute Gasteiger partial charge is 0.329 e. The van der Waals surface area contributed by atoms with Crippen molar-refractivity contribution in [3.8, 4) is 0 Å². The molecule has 0 saturated heterocycles. The molecule has 2 aromatic rings. The summed E-state index contributed by atoms with van der Waals surface area (Å²) < 4.78 is 2.25. The summed E-state index contributed by atoms with van der Waals surface area (Å²) in [6.07, 6.45) is 7.93. The Kier molecular flexibility index (Phi) is 5.68. The van der Waals surface area contributed by atoms with Crippen molar-refractivity contribution in [2.24, 2.45) is 5.73 Å². The van der Waals surface area contributed by atoms with Gasteiger partial charge in [-0.15, -0.1) is 0 Å². The Morgan fingerprint density at radius 2 is 2.05 bits per heavy atom. The van der Waals surface area contributed by atoms with Crippen LogP contribution < -0.4 is 5.73 Å². The van der Waals surface area contributed by atoms with Gasteiger partial charge >= 0.3 is 0 Å². The summed E-state index contributed by atoms with van der Waals surface area (Å²) >= 11 is 1.87. The Morgan fingerprint density at radius 1 is 1.30 bits per heavy atom. The number of thioether (sulfide) groups is 1. The van der Waals surface area contributed by atoms with E-state index >= 15 is 0 Å². The van der Waals surface area contributed by atoms with E-state index in [-0.39, 0.29) is 6.04 Å². The molecule has 4 heteroatoms. The average Bonchev–Trinajstić information content (AvgIpc) is 2.95. The molecular weight excluding hydrogens is 266 g/mol. The lowest BCUT2D eigenvalue weighted by Crippen LogP contribution is -2.21. The van der Waals surface area contributed by atoms with Crippen LogP contribution in [0.2, 0.25) is 0 Å². The molecule has 1 aromatic heterocycles. The second-order valence-electron chi connectivity index (χ2n) is 5.04. The molecule has 0 aliphatic carbocycles. The van der Waals surface area contributed by atoms with E-state index in [0.717, 1.165) is 24.3 Å². The van der Waals surface area contributed by atoms with E-state index < -0.39 is 0 Å². The van der Waals surface area contributed by atoms with E-state index in [0.29, 0.717) is 6.04 Å². The molecular formula is C16H23N3S. The van der Waals surface area contributed by atoms with Crippen LogP contribution in [0.3, 0.4) is 0 Å². The van der Waals surface area contributed by atoms with Crippen LogP contribution in [0.15, 0.2) is 42.9 Å². The Hall–Kier alpha value is -1.26. The third kappa shape index (κ3) is 3.64. The zero-order valence-corrected chi connectivity index (χ0v) is 13.0. The van der Waals surface area contributed by atoms with Gasteiger partial charge in [-0.1, -0.05) is 37.3 Å². The number of rotatable bonds is 7. The molecule has 0 bridgehead atoms. The molecule has 2 rings (SSSR count). The van der Waals surface area contributed by atoms with Gasteiger partial charge in [0.1, 0.15) is 0 Å². The van der Waals surface area contributed by atoms with Crippen LogP contribution >= 0.6 is 11.8 Å². The molecule has 1 unspecified atom stereocenters. The first-order valence-electron chi connectivity index (χ1n) is 7.06. The van der Waals surface area contributed by atoms with Crippen molar-refractivity contribution < 1.29 is 0 Å². The van der Waals surface area contributed by atoms with Crippen LogP contribution in [0.1, 0.15) is 36.7 Å². The normalized spacial score (nSPS) is 14.2. The number of aromatic nitrogens is 2. The van der Waals surface area contributed by atoms with Crippen molar-refractivity contribution in [3.05, 3.63) is 54.1 Å². The van der Waals surface area contributed by atoms with Crippen LogP contribution in [0.4, 0.5) is 0 Å². The summed E-state index contributed by atoms with van der Waals surface area (Å²) in [4.78, 5) is 4.31. The van der Waals surface area contributed by atoms with Gasteiger partial charge in [-0.3, -0.25) is 0 Å². The highest BCUT2D eigenvalue weighted by atomic mass is 32.2. The highest BCUT2D eigenvalue weighted by Crippen LogP contribution is 2.23. The summed E-state index contributed by atoms with van der Waals surface area (Å²) in [7, 11) is 0. The zero-order chi connectivity index (χ0) is 14.4. The maximum Gasteiger partial charge on any atom is 0.0951 e. The van der Waals surface area contributed by atoms with Crippen LogP contribution in [0.25, 0.3) is 0 Å². The van der Waals surface area contributed by atoms with Crippen molar-refractivity contribution in [2.75, 3.05) is 12.0 Å². The number of benzene rings is 1. The predicted octanol–water partition coefficient (Wildman–Crippen LogP) is 3.44. The van der Waals surface area contributed by atoms with Gasteiger partial charge in [-0.25, -0.2) is 4.98 Å². The lowest BCUT2D eigenvalue weighted by Gasteiger charge is -2.21. The highest BCUT2D eigenvalue weighted by Gasteiger charge is 2.17. The Morgan fingerprint density at radius 3 is 2.70 bits per heavy atom. The number of hydrogen-bond acceptors (Lipinski definition) is 3. The molecule has 0 fully saturated rings. The first kappa shape index (κ1) is 15.1. The van der Waals surface area contributed by atoms with E-state index in [1.54, 1.807) is 0 Å². The lowest BCUT2D eigenvalue weighted by atomic mass is 10.0. The summed E-state index contributed by atoms with van der Waals surface area (Å²) in [6.45, 7) is 2.22. The van der Waals surface area contributed by atoms with Gasteiger partial charge in [0.2, 0.25) is 0 Å². The van der Waals surface area contributed by atoms with Gasteiger partial charge < -0.3 is 10.3 Å². The molecule has 0 saturated carbocycles. The van der Waals surface area contributed by atoms with Crippen molar-refractivity contribution in [3.63, 3.8) is 0 Å². The Bertz CT molecular complexity index is 509. The van der Waals surface area contributed by atoms with Crippen LogP contribution in [0.5, 0.6) is 0 Å². The third-order valence-corrected chi connectivity index (χ3v) is 4.32. The first-order valence-corrected chi connectivity index (χ1v) is 8.45. The number of nitrogens with two attached hydrogens (primary N) is 1. The molecule has 108 valence electrons. The van der Waals surface area contributed by atoms with Gasteiger partial charge in [0.05, 0.1) is 18.1 Å².